The Labute approximate surface area is 136 Å². The summed E-state index contributed by atoms with van der Waals surface area (Å²) in [4.78, 5) is 6.70. The molecule has 0 fully saturated rings. The minimum Gasteiger partial charge on any atom is -0.309 e. The molecule has 1 aromatic heterocycles. The first-order chi connectivity index (χ1) is 9.16. The maximum atomic E-state index is 5.97. The minimum absolute atomic E-state index is 0. The van der Waals surface area contributed by atoms with Crippen molar-refractivity contribution in [3.63, 3.8) is 0 Å². The summed E-state index contributed by atoms with van der Waals surface area (Å²) < 4.78 is 0. The summed E-state index contributed by atoms with van der Waals surface area (Å²) in [5.41, 5.74) is 2.39. The first-order valence-corrected chi connectivity index (χ1v) is 6.86. The Morgan fingerprint density at radius 2 is 1.80 bits per heavy atom. The predicted molar refractivity (Wildman–Crippen MR) is 80.7 cm³/mol. The predicted octanol–water partition coefficient (Wildman–Crippen LogP) is 3.82. The van der Waals surface area contributed by atoms with Gasteiger partial charge >= 0.3 is 0 Å². The van der Waals surface area contributed by atoms with E-state index >= 15 is 0 Å². The summed E-state index contributed by atoms with van der Waals surface area (Å²) in [5, 5.41) is 0.774. The van der Waals surface area contributed by atoms with Gasteiger partial charge in [-0.15, -0.1) is 0 Å². The fraction of sp³-hybridized carbons (Fsp3) is 0.312. The molecule has 0 amide bonds. The minimum atomic E-state index is 0. The first kappa shape index (κ1) is 17.2. The van der Waals surface area contributed by atoms with Crippen LogP contribution in [-0.4, -0.2) is 30.5 Å². The number of benzene rings is 1. The fourth-order valence-electron chi connectivity index (χ4n) is 2.15. The van der Waals surface area contributed by atoms with Crippen molar-refractivity contribution < 1.29 is 17.1 Å². The van der Waals surface area contributed by atoms with E-state index in [9.17, 15) is 0 Å². The number of hydrogen-bond donors (Lipinski definition) is 0. The second kappa shape index (κ2) is 8.43. The molecule has 0 aliphatic heterocycles. The van der Waals surface area contributed by atoms with E-state index in [1.54, 1.807) is 0 Å². The molecule has 1 atom stereocenters. The van der Waals surface area contributed by atoms with Gasteiger partial charge in [-0.3, -0.25) is 4.98 Å². The van der Waals surface area contributed by atoms with Crippen molar-refractivity contribution in [1.82, 2.24) is 9.88 Å². The van der Waals surface area contributed by atoms with Gasteiger partial charge in [0.15, 0.2) is 0 Å². The van der Waals surface area contributed by atoms with E-state index < -0.39 is 0 Å². The van der Waals surface area contributed by atoms with Crippen LogP contribution in [-0.2, 0) is 17.1 Å². The normalized spacial score (nSPS) is 12.0. The Balaban J connectivity index is 0.00000200. The van der Waals surface area contributed by atoms with Gasteiger partial charge in [0.2, 0.25) is 0 Å². The molecule has 1 heterocycles. The maximum absolute atomic E-state index is 5.97. The molecule has 0 radical (unpaired) electrons. The zero-order valence-electron chi connectivity index (χ0n) is 11.7. The van der Waals surface area contributed by atoms with Crippen LogP contribution in [0.5, 0.6) is 0 Å². The molecule has 108 valence electrons. The fourth-order valence-corrected chi connectivity index (χ4v) is 2.28. The van der Waals surface area contributed by atoms with Crippen LogP contribution in [0.4, 0.5) is 0 Å². The largest absolute Gasteiger partial charge is 0.309 e. The van der Waals surface area contributed by atoms with Crippen LogP contribution in [0.25, 0.3) is 0 Å². The molecule has 2 aromatic rings. The summed E-state index contributed by atoms with van der Waals surface area (Å²) >= 11 is 5.97. The van der Waals surface area contributed by atoms with E-state index in [1.807, 2.05) is 30.5 Å². The first-order valence-electron chi connectivity index (χ1n) is 6.48. The summed E-state index contributed by atoms with van der Waals surface area (Å²) in [6.45, 7) is 1.03. The van der Waals surface area contributed by atoms with Gasteiger partial charge in [-0.1, -0.05) is 29.8 Å². The zero-order valence-corrected chi connectivity index (χ0v) is 13.6. The van der Waals surface area contributed by atoms with Crippen molar-refractivity contribution in [3.05, 3.63) is 64.9 Å². The molecule has 0 N–H and O–H groups in total. The molecule has 0 aliphatic carbocycles. The monoisotopic (exact) mass is 330 g/mol. The van der Waals surface area contributed by atoms with Gasteiger partial charge in [-0.25, -0.2) is 0 Å². The molecule has 2 nitrogen and oxygen atoms in total. The van der Waals surface area contributed by atoms with Crippen molar-refractivity contribution >= 4 is 11.6 Å². The molecule has 0 spiro atoms. The summed E-state index contributed by atoms with van der Waals surface area (Å²) in [5.74, 6) is 0.320. The molecule has 4 heteroatoms. The standard InChI is InChI=1S/C16H19ClN2.Fe/c1-19(2)12-10-15(16-5-3-4-11-18-16)13-6-8-14(17)9-7-13;/h3-9,11,15H,10,12H2,1-2H3;/t15-;/m1./s1. The average Bonchev–Trinajstić information content (AvgIpc) is 2.42. The van der Waals surface area contributed by atoms with Crippen LogP contribution >= 0.6 is 11.6 Å². The molecule has 2 rings (SSSR count). The molecule has 0 bridgehead atoms. The molecule has 0 unspecified atom stereocenters. The van der Waals surface area contributed by atoms with E-state index in [0.717, 1.165) is 23.7 Å². The Morgan fingerprint density at radius 3 is 2.35 bits per heavy atom. The molecule has 20 heavy (non-hydrogen) atoms. The maximum Gasteiger partial charge on any atom is 0.0478 e. The van der Waals surface area contributed by atoms with E-state index in [1.165, 1.54) is 5.56 Å². The topological polar surface area (TPSA) is 16.1 Å². The SMILES string of the molecule is CN(C)CC[C@H](c1ccc(Cl)cc1)c1ccccn1.[Fe]. The van der Waals surface area contributed by atoms with E-state index in [2.05, 4.69) is 42.2 Å². The van der Waals surface area contributed by atoms with Gasteiger partial charge in [0.25, 0.3) is 0 Å². The zero-order chi connectivity index (χ0) is 13.7. The molecule has 0 saturated carbocycles. The number of nitrogens with zero attached hydrogens (tertiary/aromatic N) is 2. The molecule has 0 saturated heterocycles. The van der Waals surface area contributed by atoms with Gasteiger partial charge in [0.1, 0.15) is 0 Å². The van der Waals surface area contributed by atoms with E-state index in [-0.39, 0.29) is 17.1 Å². The van der Waals surface area contributed by atoms with Crippen molar-refractivity contribution in [2.75, 3.05) is 20.6 Å². The third kappa shape index (κ3) is 4.91. The van der Waals surface area contributed by atoms with E-state index in [4.69, 9.17) is 11.6 Å². The average molecular weight is 331 g/mol. The van der Waals surface area contributed by atoms with Gasteiger partial charge in [0.05, 0.1) is 0 Å². The number of hydrogen-bond acceptors (Lipinski definition) is 2. The van der Waals surface area contributed by atoms with Gasteiger partial charge < -0.3 is 4.90 Å². The van der Waals surface area contributed by atoms with Gasteiger partial charge in [-0.2, -0.15) is 0 Å². The number of rotatable bonds is 5. The van der Waals surface area contributed by atoms with Crippen LogP contribution < -0.4 is 0 Å². The second-order valence-corrected chi connectivity index (χ2v) is 5.39. The number of aromatic nitrogens is 1. The Kier molecular flexibility index (Phi) is 7.25. The van der Waals surface area contributed by atoms with Crippen molar-refractivity contribution in [2.24, 2.45) is 0 Å². The van der Waals surface area contributed by atoms with Crippen LogP contribution in [0.3, 0.4) is 0 Å². The van der Waals surface area contributed by atoms with Crippen LogP contribution in [0, 0.1) is 0 Å². The second-order valence-electron chi connectivity index (χ2n) is 4.95. The number of halogens is 1. The molecular formula is C16H19ClFeN2. The number of pyridine rings is 1. The molecule has 0 aliphatic rings. The Morgan fingerprint density at radius 1 is 1.10 bits per heavy atom. The van der Waals surface area contributed by atoms with Crippen molar-refractivity contribution in [2.45, 2.75) is 12.3 Å². The van der Waals surface area contributed by atoms with Crippen LogP contribution in [0.2, 0.25) is 5.02 Å². The van der Waals surface area contributed by atoms with Gasteiger partial charge in [-0.05, 0) is 56.9 Å². The Bertz CT molecular complexity index is 500. The summed E-state index contributed by atoms with van der Waals surface area (Å²) in [6.07, 6.45) is 2.90. The molecule has 1 aromatic carbocycles. The van der Waals surface area contributed by atoms with Crippen LogP contribution in [0.1, 0.15) is 23.6 Å². The van der Waals surface area contributed by atoms with E-state index in [0.29, 0.717) is 5.92 Å². The summed E-state index contributed by atoms with van der Waals surface area (Å²) in [7, 11) is 4.19. The smallest absolute Gasteiger partial charge is 0.0478 e. The molecular weight excluding hydrogens is 311 g/mol. The van der Waals surface area contributed by atoms with Crippen molar-refractivity contribution in [3.8, 4) is 0 Å². The van der Waals surface area contributed by atoms with Crippen molar-refractivity contribution in [1.29, 1.82) is 0 Å². The summed E-state index contributed by atoms with van der Waals surface area (Å²) in [6, 6.07) is 14.2. The van der Waals surface area contributed by atoms with Gasteiger partial charge in [0, 0.05) is 39.9 Å². The Hall–Kier alpha value is -0.861. The third-order valence-corrected chi connectivity index (χ3v) is 3.43. The quantitative estimate of drug-likeness (QED) is 0.775. The van der Waals surface area contributed by atoms with Crippen LogP contribution in [0.15, 0.2) is 48.7 Å². The third-order valence-electron chi connectivity index (χ3n) is 3.18.